The van der Waals surface area contributed by atoms with Gasteiger partial charge in [0.1, 0.15) is 11.7 Å². The lowest BCUT2D eigenvalue weighted by molar-refractivity contribution is 0.576. The van der Waals surface area contributed by atoms with Crippen molar-refractivity contribution in [3.63, 3.8) is 0 Å². The summed E-state index contributed by atoms with van der Waals surface area (Å²) in [5, 5.41) is 10.8. The van der Waals surface area contributed by atoms with E-state index in [2.05, 4.69) is 190 Å². The van der Waals surface area contributed by atoms with Gasteiger partial charge in [0.2, 0.25) is 6.29 Å². The zero-order valence-corrected chi connectivity index (χ0v) is 29.3. The molecule has 0 spiro atoms. The highest BCUT2D eigenvalue weighted by molar-refractivity contribution is 6.19. The van der Waals surface area contributed by atoms with E-state index in [9.17, 15) is 0 Å². The molecule has 2 aromatic heterocycles. The number of aliphatic imine (C=N–C) groups is 2. The number of nitrogens with zero attached hydrogens (tertiary/aromatic N) is 4. The highest BCUT2D eigenvalue weighted by Gasteiger charge is 2.25. The second-order valence-electron chi connectivity index (χ2n) is 13.9. The Kier molecular flexibility index (Phi) is 6.85. The summed E-state index contributed by atoms with van der Waals surface area (Å²) in [5.41, 5.74) is 10.1. The SMILES string of the molecule is c1ccc(C2=NC(n3c4cc(-c5ccc6c(c5)c5ccccc5n6-c5ccccc5)ccc4c4ccc5ccccc5c43)N=C(c3ccccc3)N2)cc1. The van der Waals surface area contributed by atoms with Crippen LogP contribution in [0.4, 0.5) is 0 Å². The minimum absolute atomic E-state index is 0.552. The molecule has 8 aromatic carbocycles. The van der Waals surface area contributed by atoms with Crippen LogP contribution < -0.4 is 5.32 Å². The normalized spacial score (nSPS) is 13.5. The Morgan fingerprint density at radius 2 is 0.944 bits per heavy atom. The molecular formula is C49H33N5. The van der Waals surface area contributed by atoms with Gasteiger partial charge in [0.05, 0.1) is 22.1 Å². The van der Waals surface area contributed by atoms with Crippen LogP contribution in [0, 0.1) is 0 Å². The van der Waals surface area contributed by atoms with Crippen LogP contribution in [0.1, 0.15) is 17.4 Å². The number of amidine groups is 2. The van der Waals surface area contributed by atoms with Crippen molar-refractivity contribution < 1.29 is 0 Å². The largest absolute Gasteiger partial charge is 0.324 e. The zero-order valence-electron chi connectivity index (χ0n) is 29.3. The van der Waals surface area contributed by atoms with Gasteiger partial charge in [-0.25, -0.2) is 9.98 Å². The Morgan fingerprint density at radius 3 is 1.69 bits per heavy atom. The van der Waals surface area contributed by atoms with Gasteiger partial charge in [-0.3, -0.25) is 4.57 Å². The predicted octanol–water partition coefficient (Wildman–Crippen LogP) is 11.7. The molecule has 0 saturated carbocycles. The van der Waals surface area contributed by atoms with Gasteiger partial charge in [0, 0.05) is 43.7 Å². The van der Waals surface area contributed by atoms with Crippen LogP contribution in [-0.4, -0.2) is 20.8 Å². The molecule has 1 aliphatic heterocycles. The molecule has 0 radical (unpaired) electrons. The molecule has 54 heavy (non-hydrogen) atoms. The third-order valence-corrected chi connectivity index (χ3v) is 10.8. The molecule has 5 heteroatoms. The first-order valence-electron chi connectivity index (χ1n) is 18.4. The smallest absolute Gasteiger partial charge is 0.225 e. The summed E-state index contributed by atoms with van der Waals surface area (Å²) in [4.78, 5) is 10.7. The van der Waals surface area contributed by atoms with Gasteiger partial charge in [-0.2, -0.15) is 0 Å². The van der Waals surface area contributed by atoms with Crippen LogP contribution in [0.15, 0.2) is 198 Å². The second-order valence-corrected chi connectivity index (χ2v) is 13.9. The summed E-state index contributed by atoms with van der Waals surface area (Å²) < 4.78 is 4.71. The molecule has 5 nitrogen and oxygen atoms in total. The van der Waals surface area contributed by atoms with E-state index in [4.69, 9.17) is 9.98 Å². The van der Waals surface area contributed by atoms with Crippen LogP contribution in [0.5, 0.6) is 0 Å². The molecule has 3 heterocycles. The molecule has 0 atom stereocenters. The Balaban J connectivity index is 1.17. The number of rotatable bonds is 5. The van der Waals surface area contributed by atoms with Gasteiger partial charge >= 0.3 is 0 Å². The lowest BCUT2D eigenvalue weighted by Gasteiger charge is -2.24. The molecule has 0 amide bonds. The highest BCUT2D eigenvalue weighted by Crippen LogP contribution is 2.41. The summed E-state index contributed by atoms with van der Waals surface area (Å²) in [7, 11) is 0. The van der Waals surface area contributed by atoms with E-state index in [1.807, 2.05) is 12.1 Å². The van der Waals surface area contributed by atoms with Crippen LogP contribution in [0.3, 0.4) is 0 Å². The molecule has 11 rings (SSSR count). The second kappa shape index (κ2) is 12.2. The van der Waals surface area contributed by atoms with E-state index < -0.39 is 6.29 Å². The van der Waals surface area contributed by atoms with Crippen molar-refractivity contribution in [1.29, 1.82) is 0 Å². The summed E-state index contributed by atoms with van der Waals surface area (Å²) in [6.45, 7) is 0. The Hall–Kier alpha value is -7.24. The molecule has 0 aliphatic carbocycles. The molecule has 0 fully saturated rings. The minimum Gasteiger partial charge on any atom is -0.324 e. The quantitative estimate of drug-likeness (QED) is 0.192. The first-order valence-corrected chi connectivity index (χ1v) is 18.4. The van der Waals surface area contributed by atoms with Crippen molar-refractivity contribution in [1.82, 2.24) is 14.5 Å². The van der Waals surface area contributed by atoms with Crippen molar-refractivity contribution >= 4 is 66.1 Å². The van der Waals surface area contributed by atoms with E-state index in [1.54, 1.807) is 0 Å². The predicted molar refractivity (Wildman–Crippen MR) is 225 cm³/mol. The molecule has 1 N–H and O–H groups in total. The maximum absolute atomic E-state index is 5.36. The summed E-state index contributed by atoms with van der Waals surface area (Å²) in [6.07, 6.45) is -0.552. The molecule has 10 aromatic rings. The van der Waals surface area contributed by atoms with Crippen LogP contribution in [-0.2, 0) is 0 Å². The standard InChI is InChI=1S/C49H33N5/c1-4-15-33(16-5-1)47-50-48(34-17-6-2-7-18-34)52-49(51-47)54-45-31-36(25-27-40(45)41-28-24-32-14-10-11-21-38(32)46(41)54)35-26-29-44-42(30-35)39-22-12-13-23-43(39)53(44)37-19-8-3-9-20-37/h1-31,49H,(H,50,51,52). The number of fused-ring (bicyclic) bond motifs is 8. The number of aromatic nitrogens is 2. The van der Waals surface area contributed by atoms with Crippen LogP contribution >= 0.6 is 0 Å². The maximum Gasteiger partial charge on any atom is 0.225 e. The number of hydrogen-bond donors (Lipinski definition) is 1. The average Bonchev–Trinajstić information content (AvgIpc) is 3.77. The van der Waals surface area contributed by atoms with Gasteiger partial charge in [0.15, 0.2) is 0 Å². The molecule has 0 saturated heterocycles. The number of hydrogen-bond acceptors (Lipinski definition) is 3. The van der Waals surface area contributed by atoms with Gasteiger partial charge < -0.3 is 9.88 Å². The fraction of sp³-hybridized carbons (Fsp3) is 0.0204. The lowest BCUT2D eigenvalue weighted by Crippen LogP contribution is -2.36. The number of benzene rings is 8. The minimum atomic E-state index is -0.552. The monoisotopic (exact) mass is 691 g/mol. The molecule has 0 unspecified atom stereocenters. The van der Waals surface area contributed by atoms with Gasteiger partial charge in [-0.05, 0) is 52.9 Å². The van der Waals surface area contributed by atoms with Gasteiger partial charge in [-0.1, -0.05) is 152 Å². The Labute approximate surface area is 311 Å². The number of para-hydroxylation sites is 2. The Bertz CT molecular complexity index is 3060. The molecular weight excluding hydrogens is 659 g/mol. The van der Waals surface area contributed by atoms with Crippen LogP contribution in [0.25, 0.3) is 71.2 Å². The van der Waals surface area contributed by atoms with E-state index in [0.29, 0.717) is 0 Å². The summed E-state index contributed by atoms with van der Waals surface area (Å²) >= 11 is 0. The zero-order chi connectivity index (χ0) is 35.6. The first kappa shape index (κ1) is 30.4. The summed E-state index contributed by atoms with van der Waals surface area (Å²) in [6, 6.07) is 66.8. The summed E-state index contributed by atoms with van der Waals surface area (Å²) in [5.74, 6) is 1.59. The molecule has 0 bridgehead atoms. The van der Waals surface area contributed by atoms with Crippen molar-refractivity contribution in [2.75, 3.05) is 0 Å². The third-order valence-electron chi connectivity index (χ3n) is 10.8. The van der Waals surface area contributed by atoms with Gasteiger partial charge in [0.25, 0.3) is 0 Å². The topological polar surface area (TPSA) is 46.6 Å². The van der Waals surface area contributed by atoms with E-state index in [-0.39, 0.29) is 0 Å². The van der Waals surface area contributed by atoms with Gasteiger partial charge in [-0.15, -0.1) is 0 Å². The van der Waals surface area contributed by atoms with E-state index >= 15 is 0 Å². The van der Waals surface area contributed by atoms with E-state index in [0.717, 1.165) is 50.6 Å². The lowest BCUT2D eigenvalue weighted by atomic mass is 10.0. The first-order chi connectivity index (χ1) is 26.8. The molecule has 1 aliphatic rings. The average molecular weight is 692 g/mol. The van der Waals surface area contributed by atoms with Crippen molar-refractivity contribution in [2.24, 2.45) is 9.98 Å². The third kappa shape index (κ3) is 4.79. The highest BCUT2D eigenvalue weighted by atomic mass is 15.3. The van der Waals surface area contributed by atoms with E-state index in [1.165, 1.54) is 43.4 Å². The molecule has 254 valence electrons. The number of nitrogens with one attached hydrogen (secondary N) is 1. The van der Waals surface area contributed by atoms with Crippen molar-refractivity contribution in [2.45, 2.75) is 6.29 Å². The Morgan fingerprint density at radius 1 is 0.389 bits per heavy atom. The maximum atomic E-state index is 5.36. The van der Waals surface area contributed by atoms with Crippen molar-refractivity contribution in [3.8, 4) is 16.8 Å². The van der Waals surface area contributed by atoms with Crippen molar-refractivity contribution in [3.05, 3.63) is 199 Å². The van der Waals surface area contributed by atoms with Crippen LogP contribution in [0.2, 0.25) is 0 Å². The fourth-order valence-corrected chi connectivity index (χ4v) is 8.28. The fourth-order valence-electron chi connectivity index (χ4n) is 8.28.